The summed E-state index contributed by atoms with van der Waals surface area (Å²) in [6, 6.07) is 11.0. The van der Waals surface area contributed by atoms with Crippen LogP contribution in [0.2, 0.25) is 0 Å². The third kappa shape index (κ3) is 5.52. The topological polar surface area (TPSA) is 45.6 Å². The van der Waals surface area contributed by atoms with Crippen molar-refractivity contribution in [3.05, 3.63) is 35.9 Å². The molecule has 1 saturated carbocycles. The largest absolute Gasteiger partial charge is 0.382 e. The second-order valence-electron chi connectivity index (χ2n) is 6.61. The number of ether oxygens (including phenoxy) is 1. The van der Waals surface area contributed by atoms with Gasteiger partial charge in [-0.3, -0.25) is 4.99 Å². The second kappa shape index (κ2) is 10.3. The van der Waals surface area contributed by atoms with Gasteiger partial charge in [0.1, 0.15) is 0 Å². The molecule has 0 atom stereocenters. The molecule has 0 heterocycles. The van der Waals surface area contributed by atoms with Crippen molar-refractivity contribution in [2.45, 2.75) is 50.9 Å². The smallest absolute Gasteiger partial charge is 0.191 e. The zero-order valence-electron chi connectivity index (χ0n) is 15.3. The third-order valence-corrected chi connectivity index (χ3v) is 4.98. The van der Waals surface area contributed by atoms with E-state index in [4.69, 9.17) is 4.74 Å². The first kappa shape index (κ1) is 18.8. The van der Waals surface area contributed by atoms with Crippen molar-refractivity contribution < 1.29 is 4.74 Å². The minimum Gasteiger partial charge on any atom is -0.382 e. The van der Waals surface area contributed by atoms with Gasteiger partial charge in [0.25, 0.3) is 0 Å². The molecule has 1 fully saturated rings. The molecule has 1 aliphatic rings. The number of guanidine groups is 1. The van der Waals surface area contributed by atoms with E-state index in [0.717, 1.165) is 45.1 Å². The van der Waals surface area contributed by atoms with Gasteiger partial charge in [-0.1, -0.05) is 43.2 Å². The summed E-state index contributed by atoms with van der Waals surface area (Å²) in [6.07, 6.45) is 7.35. The predicted octanol–water partition coefficient (Wildman–Crippen LogP) is 3.48. The van der Waals surface area contributed by atoms with Crippen molar-refractivity contribution in [3.63, 3.8) is 0 Å². The second-order valence-corrected chi connectivity index (χ2v) is 6.61. The number of hydrogen-bond acceptors (Lipinski definition) is 2. The van der Waals surface area contributed by atoms with Crippen LogP contribution in [0.1, 0.15) is 51.0 Å². The van der Waals surface area contributed by atoms with Crippen LogP contribution in [-0.4, -0.2) is 39.3 Å². The molecule has 0 aliphatic heterocycles. The lowest BCUT2D eigenvalue weighted by Gasteiger charge is -2.30. The molecule has 1 aliphatic carbocycles. The van der Waals surface area contributed by atoms with E-state index in [9.17, 15) is 0 Å². The van der Waals surface area contributed by atoms with Crippen LogP contribution >= 0.6 is 0 Å². The predicted molar refractivity (Wildman–Crippen MR) is 102 cm³/mol. The highest BCUT2D eigenvalue weighted by molar-refractivity contribution is 5.79. The number of benzene rings is 1. The van der Waals surface area contributed by atoms with Crippen LogP contribution in [0.5, 0.6) is 0 Å². The number of nitrogens with zero attached hydrogens (tertiary/aromatic N) is 1. The van der Waals surface area contributed by atoms with Gasteiger partial charge in [-0.05, 0) is 38.2 Å². The van der Waals surface area contributed by atoms with E-state index in [1.807, 2.05) is 14.0 Å². The van der Waals surface area contributed by atoms with Crippen molar-refractivity contribution >= 4 is 5.96 Å². The van der Waals surface area contributed by atoms with Crippen molar-refractivity contribution in [3.8, 4) is 0 Å². The summed E-state index contributed by atoms with van der Waals surface area (Å²) >= 11 is 0. The van der Waals surface area contributed by atoms with E-state index in [2.05, 4.69) is 46.0 Å². The van der Waals surface area contributed by atoms with E-state index in [-0.39, 0.29) is 5.41 Å². The van der Waals surface area contributed by atoms with E-state index in [1.165, 1.54) is 31.2 Å². The van der Waals surface area contributed by atoms with Gasteiger partial charge in [-0.15, -0.1) is 0 Å². The zero-order chi connectivity index (χ0) is 17.1. The van der Waals surface area contributed by atoms with Crippen LogP contribution in [-0.2, 0) is 10.2 Å². The van der Waals surface area contributed by atoms with Crippen LogP contribution in [0, 0.1) is 0 Å². The number of unbranched alkanes of at least 4 members (excludes halogenated alkanes) is 1. The third-order valence-electron chi connectivity index (χ3n) is 4.98. The Bertz CT molecular complexity index is 481. The Labute approximate surface area is 147 Å². The summed E-state index contributed by atoms with van der Waals surface area (Å²) in [5, 5.41) is 6.98. The molecule has 24 heavy (non-hydrogen) atoms. The summed E-state index contributed by atoms with van der Waals surface area (Å²) in [4.78, 5) is 4.37. The molecule has 0 spiro atoms. The van der Waals surface area contributed by atoms with Gasteiger partial charge in [0.05, 0.1) is 0 Å². The van der Waals surface area contributed by atoms with E-state index in [1.54, 1.807) is 0 Å². The number of aliphatic imine (C=N–C) groups is 1. The Morgan fingerprint density at radius 2 is 1.88 bits per heavy atom. The van der Waals surface area contributed by atoms with Gasteiger partial charge in [-0.2, -0.15) is 0 Å². The first-order valence-electron chi connectivity index (χ1n) is 9.38. The minimum atomic E-state index is 0.258. The molecule has 0 radical (unpaired) electrons. The molecule has 0 unspecified atom stereocenters. The first-order chi connectivity index (χ1) is 11.8. The summed E-state index contributed by atoms with van der Waals surface area (Å²) in [5.41, 5.74) is 1.72. The maximum atomic E-state index is 5.37. The molecule has 1 aromatic carbocycles. The summed E-state index contributed by atoms with van der Waals surface area (Å²) in [7, 11) is 1.85. The fourth-order valence-corrected chi connectivity index (χ4v) is 3.56. The molecule has 2 rings (SSSR count). The highest BCUT2D eigenvalue weighted by Crippen LogP contribution is 2.40. The van der Waals surface area contributed by atoms with E-state index >= 15 is 0 Å². The molecule has 1 aromatic rings. The van der Waals surface area contributed by atoms with Crippen molar-refractivity contribution in [2.75, 3.05) is 33.4 Å². The van der Waals surface area contributed by atoms with Gasteiger partial charge >= 0.3 is 0 Å². The quantitative estimate of drug-likeness (QED) is 0.414. The molecule has 134 valence electrons. The Kier molecular flexibility index (Phi) is 8.10. The number of hydrogen-bond donors (Lipinski definition) is 2. The molecular formula is C20H33N3O. The molecule has 0 amide bonds. The Hall–Kier alpha value is -1.55. The first-order valence-corrected chi connectivity index (χ1v) is 9.38. The number of rotatable bonds is 9. The molecular weight excluding hydrogens is 298 g/mol. The Balaban J connectivity index is 1.80. The standard InChI is InChI=1S/C20H33N3O/c1-3-24-16-10-9-15-22-19(21-2)23-17-20(13-7-8-14-20)18-11-5-4-6-12-18/h4-6,11-12H,3,7-10,13-17H2,1-2H3,(H2,21,22,23). The van der Waals surface area contributed by atoms with Crippen LogP contribution in [0.3, 0.4) is 0 Å². The maximum Gasteiger partial charge on any atom is 0.191 e. The van der Waals surface area contributed by atoms with Gasteiger partial charge in [-0.25, -0.2) is 0 Å². The monoisotopic (exact) mass is 331 g/mol. The van der Waals surface area contributed by atoms with E-state index in [0.29, 0.717) is 0 Å². The Morgan fingerprint density at radius 1 is 1.12 bits per heavy atom. The number of nitrogens with one attached hydrogen (secondary N) is 2. The lowest BCUT2D eigenvalue weighted by atomic mass is 9.79. The molecule has 0 bridgehead atoms. The summed E-state index contributed by atoms with van der Waals surface area (Å²) in [5.74, 6) is 0.911. The summed E-state index contributed by atoms with van der Waals surface area (Å²) < 4.78 is 5.37. The van der Waals surface area contributed by atoms with Crippen LogP contribution < -0.4 is 10.6 Å². The average molecular weight is 332 g/mol. The lowest BCUT2D eigenvalue weighted by Crippen LogP contribution is -2.45. The molecule has 2 N–H and O–H groups in total. The van der Waals surface area contributed by atoms with Crippen molar-refractivity contribution in [1.29, 1.82) is 0 Å². The van der Waals surface area contributed by atoms with E-state index < -0.39 is 0 Å². The van der Waals surface area contributed by atoms with Crippen molar-refractivity contribution in [1.82, 2.24) is 10.6 Å². The van der Waals surface area contributed by atoms with Crippen LogP contribution in [0.15, 0.2) is 35.3 Å². The average Bonchev–Trinajstić information content (AvgIpc) is 3.11. The van der Waals surface area contributed by atoms with Gasteiger partial charge < -0.3 is 15.4 Å². The van der Waals surface area contributed by atoms with Crippen LogP contribution in [0.25, 0.3) is 0 Å². The molecule has 0 saturated heterocycles. The van der Waals surface area contributed by atoms with Gasteiger partial charge in [0.2, 0.25) is 0 Å². The zero-order valence-corrected chi connectivity index (χ0v) is 15.3. The lowest BCUT2D eigenvalue weighted by molar-refractivity contribution is 0.143. The molecule has 4 nitrogen and oxygen atoms in total. The normalized spacial score (nSPS) is 17.0. The van der Waals surface area contributed by atoms with Crippen molar-refractivity contribution in [2.24, 2.45) is 4.99 Å². The highest BCUT2D eigenvalue weighted by atomic mass is 16.5. The fourth-order valence-electron chi connectivity index (χ4n) is 3.56. The SMILES string of the molecule is CCOCCCCNC(=NC)NCC1(c2ccccc2)CCCC1. The fraction of sp³-hybridized carbons (Fsp3) is 0.650. The molecule has 0 aromatic heterocycles. The van der Waals surface area contributed by atoms with Gasteiger partial charge in [0.15, 0.2) is 5.96 Å². The Morgan fingerprint density at radius 3 is 2.54 bits per heavy atom. The maximum absolute atomic E-state index is 5.37. The van der Waals surface area contributed by atoms with Crippen LogP contribution in [0.4, 0.5) is 0 Å². The summed E-state index contributed by atoms with van der Waals surface area (Å²) in [6.45, 7) is 5.58. The van der Waals surface area contributed by atoms with Gasteiger partial charge in [0, 0.05) is 38.8 Å². The minimum absolute atomic E-state index is 0.258. The highest BCUT2D eigenvalue weighted by Gasteiger charge is 2.35. The molecule has 4 heteroatoms.